The van der Waals surface area contributed by atoms with E-state index < -0.39 is 0 Å². The van der Waals surface area contributed by atoms with E-state index >= 15 is 0 Å². The highest BCUT2D eigenvalue weighted by Crippen LogP contribution is 2.35. The van der Waals surface area contributed by atoms with Crippen molar-refractivity contribution in [2.75, 3.05) is 7.05 Å². The van der Waals surface area contributed by atoms with Crippen molar-refractivity contribution in [2.45, 2.75) is 13.1 Å². The first-order valence-electron chi connectivity index (χ1n) is 13.8. The van der Waals surface area contributed by atoms with E-state index in [1.165, 1.54) is 16.3 Å². The molecule has 0 saturated heterocycles. The van der Waals surface area contributed by atoms with Gasteiger partial charge in [-0.15, -0.1) is 0 Å². The van der Waals surface area contributed by atoms with Gasteiger partial charge in [-0.05, 0) is 45.5 Å². The summed E-state index contributed by atoms with van der Waals surface area (Å²) in [5.41, 5.74) is 13.6. The molecule has 0 spiro atoms. The largest absolute Gasteiger partial charge is 0.404 e. The maximum absolute atomic E-state index is 5.99. The summed E-state index contributed by atoms with van der Waals surface area (Å²) in [4.78, 5) is 12.3. The minimum atomic E-state index is -0.204. The lowest BCUT2D eigenvalue weighted by Crippen LogP contribution is -2.35. The smallest absolute Gasteiger partial charge is 0.159 e. The summed E-state index contributed by atoms with van der Waals surface area (Å²) in [5, 5.41) is 2.37. The van der Waals surface area contributed by atoms with Crippen molar-refractivity contribution in [3.8, 4) is 11.1 Å². The predicted octanol–water partition coefficient (Wildman–Crippen LogP) is 8.22. The zero-order valence-electron chi connectivity index (χ0n) is 23.3. The Hall–Kier alpha value is -5.22. The molecule has 4 nitrogen and oxygen atoms in total. The highest BCUT2D eigenvalue weighted by molar-refractivity contribution is 6.13. The van der Waals surface area contributed by atoms with Crippen LogP contribution in [0.1, 0.15) is 35.3 Å². The fraction of sp³-hybridized carbons (Fsp3) is 0.0811. The topological polar surface area (TPSA) is 54.0 Å². The Kier molecular flexibility index (Phi) is 7.29. The Morgan fingerprint density at radius 1 is 0.707 bits per heavy atom. The molecule has 1 heterocycles. The van der Waals surface area contributed by atoms with Crippen LogP contribution in [-0.2, 0) is 0 Å². The molecule has 0 amide bonds. The van der Waals surface area contributed by atoms with Crippen LogP contribution in [0.5, 0.6) is 0 Å². The molecule has 1 aliphatic heterocycles. The minimum absolute atomic E-state index is 0.204. The monoisotopic (exact) mass is 532 g/mol. The van der Waals surface area contributed by atoms with Crippen molar-refractivity contribution in [3.05, 3.63) is 162 Å². The van der Waals surface area contributed by atoms with E-state index in [1.807, 2.05) is 55.5 Å². The van der Waals surface area contributed by atoms with E-state index in [-0.39, 0.29) is 6.17 Å². The fourth-order valence-corrected chi connectivity index (χ4v) is 5.46. The molecule has 2 N–H and O–H groups in total. The lowest BCUT2D eigenvalue weighted by Gasteiger charge is -2.32. The molecular formula is C37H32N4. The number of aliphatic imine (C=N–C) groups is 2. The number of benzene rings is 5. The summed E-state index contributed by atoms with van der Waals surface area (Å²) in [7, 11) is 2.06. The molecule has 4 heteroatoms. The Morgan fingerprint density at radius 3 is 2.00 bits per heavy atom. The van der Waals surface area contributed by atoms with Crippen LogP contribution in [0.4, 0.5) is 0 Å². The second-order valence-corrected chi connectivity index (χ2v) is 10.1. The van der Waals surface area contributed by atoms with Crippen molar-refractivity contribution in [2.24, 2.45) is 15.7 Å². The number of amidine groups is 2. The van der Waals surface area contributed by atoms with Crippen LogP contribution >= 0.6 is 0 Å². The van der Waals surface area contributed by atoms with Crippen LogP contribution in [0.15, 0.2) is 150 Å². The third kappa shape index (κ3) is 5.08. The number of hydrogen-bond acceptors (Lipinski definition) is 4. The lowest BCUT2D eigenvalue weighted by atomic mass is 9.91. The second kappa shape index (κ2) is 11.5. The number of hydrogen-bond donors (Lipinski definition) is 1. The molecule has 0 fully saturated rings. The number of nitrogens with two attached hydrogens (primary N) is 1. The molecule has 0 radical (unpaired) electrons. The Balaban J connectivity index is 1.40. The first-order chi connectivity index (χ1) is 20.2. The summed E-state index contributed by atoms with van der Waals surface area (Å²) < 4.78 is 0. The van der Waals surface area contributed by atoms with Crippen molar-refractivity contribution < 1.29 is 0 Å². The summed E-state index contributed by atoms with van der Waals surface area (Å²) in [6.45, 7) is 2.01. The minimum Gasteiger partial charge on any atom is -0.404 e. The van der Waals surface area contributed by atoms with Gasteiger partial charge in [-0.1, -0.05) is 133 Å². The summed E-state index contributed by atoms with van der Waals surface area (Å²) in [6.07, 6.45) is 5.54. The Bertz CT molecular complexity index is 1800. The van der Waals surface area contributed by atoms with Gasteiger partial charge in [0.2, 0.25) is 0 Å². The van der Waals surface area contributed by atoms with Crippen LogP contribution in [0.25, 0.3) is 27.5 Å². The van der Waals surface area contributed by atoms with Crippen LogP contribution in [0.2, 0.25) is 0 Å². The van der Waals surface area contributed by atoms with Crippen LogP contribution in [0, 0.1) is 0 Å². The molecule has 0 aliphatic carbocycles. The molecule has 5 aromatic carbocycles. The first-order valence-corrected chi connectivity index (χ1v) is 13.8. The van der Waals surface area contributed by atoms with Crippen molar-refractivity contribution >= 4 is 28.0 Å². The maximum Gasteiger partial charge on any atom is 0.159 e. The van der Waals surface area contributed by atoms with Gasteiger partial charge < -0.3 is 10.6 Å². The SMILES string of the molecule is C/C=C\C(=C/N)c1ccc(-c2ccc(C3N=C(c4ccccc4)N=C(c4ccccc4)N3C)cc2)c2ccccc12. The molecule has 0 bridgehead atoms. The van der Waals surface area contributed by atoms with Crippen molar-refractivity contribution in [1.82, 2.24) is 4.90 Å². The number of rotatable bonds is 6. The summed E-state index contributed by atoms with van der Waals surface area (Å²) >= 11 is 0. The molecule has 1 atom stereocenters. The molecule has 41 heavy (non-hydrogen) atoms. The van der Waals surface area contributed by atoms with E-state index in [9.17, 15) is 0 Å². The van der Waals surface area contributed by atoms with Gasteiger partial charge in [0.1, 0.15) is 12.0 Å². The van der Waals surface area contributed by atoms with Gasteiger partial charge in [0.05, 0.1) is 0 Å². The zero-order chi connectivity index (χ0) is 28.2. The summed E-state index contributed by atoms with van der Waals surface area (Å²) in [5.74, 6) is 1.64. The molecule has 200 valence electrons. The summed E-state index contributed by atoms with van der Waals surface area (Å²) in [6, 6.07) is 42.1. The van der Waals surface area contributed by atoms with Crippen molar-refractivity contribution in [1.29, 1.82) is 0 Å². The van der Waals surface area contributed by atoms with Gasteiger partial charge in [-0.2, -0.15) is 0 Å². The van der Waals surface area contributed by atoms with E-state index in [0.29, 0.717) is 0 Å². The maximum atomic E-state index is 5.99. The Morgan fingerprint density at radius 2 is 1.34 bits per heavy atom. The number of allylic oxidation sites excluding steroid dienone is 3. The van der Waals surface area contributed by atoms with Crippen LogP contribution in [-0.4, -0.2) is 23.6 Å². The van der Waals surface area contributed by atoms with E-state index in [1.54, 1.807) is 6.20 Å². The lowest BCUT2D eigenvalue weighted by molar-refractivity contribution is 0.383. The third-order valence-electron chi connectivity index (χ3n) is 7.50. The van der Waals surface area contributed by atoms with E-state index in [4.69, 9.17) is 15.7 Å². The fourth-order valence-electron chi connectivity index (χ4n) is 5.46. The average Bonchev–Trinajstić information content (AvgIpc) is 3.04. The van der Waals surface area contributed by atoms with Gasteiger partial charge in [0.15, 0.2) is 5.84 Å². The Labute approximate surface area is 241 Å². The molecule has 0 aromatic heterocycles. The van der Waals surface area contributed by atoms with E-state index in [2.05, 4.69) is 96.9 Å². The highest BCUT2D eigenvalue weighted by Gasteiger charge is 2.26. The van der Waals surface area contributed by atoms with Gasteiger partial charge in [0.25, 0.3) is 0 Å². The number of nitrogens with zero attached hydrogens (tertiary/aromatic N) is 3. The normalized spacial score (nSPS) is 15.7. The molecule has 1 unspecified atom stereocenters. The van der Waals surface area contributed by atoms with Gasteiger partial charge >= 0.3 is 0 Å². The van der Waals surface area contributed by atoms with E-state index in [0.717, 1.165) is 45.1 Å². The molecule has 1 aliphatic rings. The predicted molar refractivity (Wildman–Crippen MR) is 173 cm³/mol. The van der Waals surface area contributed by atoms with Crippen LogP contribution in [0.3, 0.4) is 0 Å². The highest BCUT2D eigenvalue weighted by atomic mass is 15.3. The molecular weight excluding hydrogens is 500 g/mol. The quantitative estimate of drug-likeness (QED) is 0.224. The first kappa shape index (κ1) is 26.0. The molecule has 5 aromatic rings. The van der Waals surface area contributed by atoms with Crippen LogP contribution < -0.4 is 5.73 Å². The van der Waals surface area contributed by atoms with Crippen molar-refractivity contribution in [3.63, 3.8) is 0 Å². The molecule has 0 saturated carbocycles. The molecule has 6 rings (SSSR count). The third-order valence-corrected chi connectivity index (χ3v) is 7.50. The second-order valence-electron chi connectivity index (χ2n) is 10.1. The number of fused-ring (bicyclic) bond motifs is 1. The van der Waals surface area contributed by atoms with Gasteiger partial charge in [-0.25, -0.2) is 9.98 Å². The van der Waals surface area contributed by atoms with Gasteiger partial charge in [-0.3, -0.25) is 0 Å². The van der Waals surface area contributed by atoms with Gasteiger partial charge in [0, 0.05) is 24.4 Å². The standard InChI is InChI=1S/C37H32N4/c1-3-12-30(25-38)32-24-23-31(33-17-10-11-18-34(32)33)26-19-21-29(22-20-26)37-40-35(27-13-6-4-7-14-27)39-36(41(37)2)28-15-8-5-9-16-28/h3-25,37H,38H2,1-2H3/b12-3-,30-25+. The zero-order valence-corrected chi connectivity index (χ0v) is 23.3. The average molecular weight is 533 g/mol.